The van der Waals surface area contributed by atoms with E-state index >= 15 is 0 Å². The van der Waals surface area contributed by atoms with Gasteiger partial charge in [-0.3, -0.25) is 0 Å². The highest BCUT2D eigenvalue weighted by molar-refractivity contribution is 9.10. The third-order valence-corrected chi connectivity index (χ3v) is 4.10. The first-order valence-electron chi connectivity index (χ1n) is 5.26. The van der Waals surface area contributed by atoms with E-state index in [0.717, 1.165) is 0 Å². The Balaban J connectivity index is 2.00. The Labute approximate surface area is 92.6 Å². The molecule has 1 aromatic carbocycles. The van der Waals surface area contributed by atoms with Gasteiger partial charge in [0.05, 0.1) is 6.10 Å². The van der Waals surface area contributed by atoms with Crippen LogP contribution in [0.25, 0.3) is 0 Å². The molecule has 1 saturated carbocycles. The molecular formula is C12H13BrO. The zero-order valence-corrected chi connectivity index (χ0v) is 9.59. The van der Waals surface area contributed by atoms with Crippen molar-refractivity contribution >= 4 is 15.9 Å². The molecule has 1 aliphatic carbocycles. The Morgan fingerprint density at radius 2 is 2.14 bits per heavy atom. The van der Waals surface area contributed by atoms with Crippen LogP contribution in [-0.2, 0) is 10.3 Å². The second kappa shape index (κ2) is 3.07. The summed E-state index contributed by atoms with van der Waals surface area (Å²) >= 11 is 3.61. The van der Waals surface area contributed by atoms with E-state index in [1.165, 1.54) is 35.7 Å². The summed E-state index contributed by atoms with van der Waals surface area (Å²) in [5.41, 5.74) is 1.43. The van der Waals surface area contributed by atoms with E-state index in [4.69, 9.17) is 4.74 Å². The molecule has 0 spiro atoms. The lowest BCUT2D eigenvalue weighted by Crippen LogP contribution is -2.17. The van der Waals surface area contributed by atoms with Crippen LogP contribution >= 0.6 is 15.9 Å². The van der Waals surface area contributed by atoms with Crippen molar-refractivity contribution in [2.75, 3.05) is 0 Å². The molecule has 1 aliphatic heterocycles. The molecule has 0 radical (unpaired) electrons. The van der Waals surface area contributed by atoms with Gasteiger partial charge in [-0.1, -0.05) is 47.0 Å². The van der Waals surface area contributed by atoms with Gasteiger partial charge in [-0.15, -0.1) is 0 Å². The van der Waals surface area contributed by atoms with E-state index in [1.54, 1.807) is 0 Å². The van der Waals surface area contributed by atoms with Crippen molar-refractivity contribution in [3.8, 4) is 0 Å². The molecule has 2 heteroatoms. The summed E-state index contributed by atoms with van der Waals surface area (Å²) in [6, 6.07) is 8.46. The van der Waals surface area contributed by atoms with Crippen LogP contribution in [0.5, 0.6) is 0 Å². The van der Waals surface area contributed by atoms with Gasteiger partial charge in [0, 0.05) is 10.0 Å². The van der Waals surface area contributed by atoms with Crippen molar-refractivity contribution < 1.29 is 4.74 Å². The average Bonchev–Trinajstić information content (AvgIpc) is 2.93. The molecule has 0 bridgehead atoms. The van der Waals surface area contributed by atoms with Gasteiger partial charge in [0.1, 0.15) is 5.60 Å². The summed E-state index contributed by atoms with van der Waals surface area (Å²) in [7, 11) is 0. The van der Waals surface area contributed by atoms with E-state index in [2.05, 4.69) is 40.2 Å². The Kier molecular flexibility index (Phi) is 1.96. The standard InChI is InChI=1S/C12H13BrO/c13-10-6-2-1-5-9(10)12-8-4-3-7-11(12)14-12/h1-2,5-6,11H,3-4,7-8H2/t11-,12-/m0/s1. The summed E-state index contributed by atoms with van der Waals surface area (Å²) in [5, 5.41) is 0. The van der Waals surface area contributed by atoms with Gasteiger partial charge in [-0.2, -0.15) is 0 Å². The van der Waals surface area contributed by atoms with Crippen molar-refractivity contribution in [3.63, 3.8) is 0 Å². The quantitative estimate of drug-likeness (QED) is 0.696. The Hall–Kier alpha value is -0.340. The fourth-order valence-electron chi connectivity index (χ4n) is 2.63. The van der Waals surface area contributed by atoms with E-state index < -0.39 is 0 Å². The van der Waals surface area contributed by atoms with Crippen LogP contribution in [0.1, 0.15) is 31.2 Å². The van der Waals surface area contributed by atoms with Crippen molar-refractivity contribution in [2.24, 2.45) is 0 Å². The van der Waals surface area contributed by atoms with Crippen LogP contribution in [0.15, 0.2) is 28.7 Å². The number of ether oxygens (including phenoxy) is 1. The van der Waals surface area contributed by atoms with Crippen molar-refractivity contribution in [1.82, 2.24) is 0 Å². The highest BCUT2D eigenvalue weighted by atomic mass is 79.9. The highest BCUT2D eigenvalue weighted by Gasteiger charge is 2.58. The minimum atomic E-state index is 0.0817. The lowest BCUT2D eigenvalue weighted by atomic mass is 9.84. The number of halogens is 1. The Morgan fingerprint density at radius 3 is 2.93 bits per heavy atom. The number of hydrogen-bond acceptors (Lipinski definition) is 1. The van der Waals surface area contributed by atoms with Crippen molar-refractivity contribution in [3.05, 3.63) is 34.3 Å². The molecule has 14 heavy (non-hydrogen) atoms. The number of hydrogen-bond donors (Lipinski definition) is 0. The van der Waals surface area contributed by atoms with Crippen molar-refractivity contribution in [1.29, 1.82) is 0 Å². The highest BCUT2D eigenvalue weighted by Crippen LogP contribution is 2.56. The molecule has 2 fully saturated rings. The molecule has 2 aliphatic rings. The fourth-order valence-corrected chi connectivity index (χ4v) is 3.25. The third kappa shape index (κ3) is 1.17. The molecule has 0 aromatic heterocycles. The SMILES string of the molecule is Brc1ccccc1[C@@]12CCCC[C@@H]1O2. The molecule has 74 valence electrons. The minimum absolute atomic E-state index is 0.0817. The molecule has 0 amide bonds. The summed E-state index contributed by atoms with van der Waals surface area (Å²) in [5.74, 6) is 0. The van der Waals surface area contributed by atoms with E-state index in [9.17, 15) is 0 Å². The van der Waals surface area contributed by atoms with E-state index in [1.807, 2.05) is 0 Å². The zero-order chi connectivity index (χ0) is 9.60. The monoisotopic (exact) mass is 252 g/mol. The van der Waals surface area contributed by atoms with Gasteiger partial charge in [0.2, 0.25) is 0 Å². The molecule has 3 rings (SSSR count). The predicted molar refractivity (Wildman–Crippen MR) is 59.2 cm³/mol. The molecule has 1 nitrogen and oxygen atoms in total. The third-order valence-electron chi connectivity index (χ3n) is 3.41. The first kappa shape index (κ1) is 8.93. The molecule has 0 unspecified atom stereocenters. The summed E-state index contributed by atoms with van der Waals surface area (Å²) in [6.07, 6.45) is 5.56. The molecule has 0 N–H and O–H groups in total. The van der Waals surface area contributed by atoms with Crippen LogP contribution in [0, 0.1) is 0 Å². The van der Waals surface area contributed by atoms with Gasteiger partial charge >= 0.3 is 0 Å². The van der Waals surface area contributed by atoms with Gasteiger partial charge in [-0.05, 0) is 18.9 Å². The van der Waals surface area contributed by atoms with Crippen LogP contribution in [0.3, 0.4) is 0 Å². The molecule has 1 heterocycles. The number of rotatable bonds is 1. The molecule has 1 aromatic rings. The maximum Gasteiger partial charge on any atom is 0.121 e. The second-order valence-electron chi connectivity index (χ2n) is 4.22. The smallest absolute Gasteiger partial charge is 0.121 e. The minimum Gasteiger partial charge on any atom is -0.361 e. The van der Waals surface area contributed by atoms with Crippen molar-refractivity contribution in [2.45, 2.75) is 37.4 Å². The van der Waals surface area contributed by atoms with Gasteiger partial charge in [-0.25, -0.2) is 0 Å². The average molecular weight is 253 g/mol. The first-order valence-corrected chi connectivity index (χ1v) is 6.05. The summed E-state index contributed by atoms with van der Waals surface area (Å²) in [6.45, 7) is 0. The zero-order valence-electron chi connectivity index (χ0n) is 8.00. The fraction of sp³-hybridized carbons (Fsp3) is 0.500. The molecular weight excluding hydrogens is 240 g/mol. The van der Waals surface area contributed by atoms with Gasteiger partial charge in [0.25, 0.3) is 0 Å². The largest absolute Gasteiger partial charge is 0.361 e. The maximum absolute atomic E-state index is 5.90. The summed E-state index contributed by atoms with van der Waals surface area (Å²) < 4.78 is 7.10. The van der Waals surface area contributed by atoms with Gasteiger partial charge < -0.3 is 4.74 Å². The summed E-state index contributed by atoms with van der Waals surface area (Å²) in [4.78, 5) is 0. The normalized spacial score (nSPS) is 35.1. The maximum atomic E-state index is 5.90. The lowest BCUT2D eigenvalue weighted by Gasteiger charge is -2.18. The predicted octanol–water partition coefficient (Wildman–Crippen LogP) is 3.62. The number of epoxide rings is 1. The lowest BCUT2D eigenvalue weighted by molar-refractivity contribution is 0.289. The van der Waals surface area contributed by atoms with Crippen LogP contribution < -0.4 is 0 Å². The number of fused-ring (bicyclic) bond motifs is 1. The number of benzene rings is 1. The van der Waals surface area contributed by atoms with Crippen LogP contribution in [0.2, 0.25) is 0 Å². The Morgan fingerprint density at radius 1 is 1.29 bits per heavy atom. The van der Waals surface area contributed by atoms with Crippen LogP contribution in [-0.4, -0.2) is 6.10 Å². The van der Waals surface area contributed by atoms with Gasteiger partial charge in [0.15, 0.2) is 0 Å². The first-order chi connectivity index (χ1) is 6.83. The topological polar surface area (TPSA) is 12.5 Å². The molecule has 1 saturated heterocycles. The molecule has 2 atom stereocenters. The Bertz CT molecular complexity index is 363. The van der Waals surface area contributed by atoms with E-state index in [-0.39, 0.29) is 5.60 Å². The van der Waals surface area contributed by atoms with Crippen LogP contribution in [0.4, 0.5) is 0 Å². The second-order valence-corrected chi connectivity index (χ2v) is 5.08. The van der Waals surface area contributed by atoms with E-state index in [0.29, 0.717) is 6.10 Å².